The molecule has 1 heterocycles. The highest BCUT2D eigenvalue weighted by molar-refractivity contribution is 6.11. The number of allylic oxidation sites excluding steroid dienone is 4. The van der Waals surface area contributed by atoms with Gasteiger partial charge in [0, 0.05) is 56.5 Å². The van der Waals surface area contributed by atoms with Crippen LogP contribution in [0.15, 0.2) is 60.4 Å². The van der Waals surface area contributed by atoms with Gasteiger partial charge in [-0.3, -0.25) is 4.99 Å². The molecule has 1 aromatic heterocycles. The van der Waals surface area contributed by atoms with Crippen LogP contribution in [0.1, 0.15) is 24.5 Å². The smallest absolute Gasteiger partial charge is 0.161 e. The Labute approximate surface area is 161 Å². The number of rotatable bonds is 7. The molecule has 0 saturated carbocycles. The minimum Gasteiger partial charge on any atom is -0.383 e. The van der Waals surface area contributed by atoms with E-state index in [1.54, 1.807) is 19.5 Å². The van der Waals surface area contributed by atoms with Crippen LogP contribution in [-0.2, 0) is 0 Å². The molecular formula is C22H27N5. The second kappa shape index (κ2) is 9.48. The maximum Gasteiger partial charge on any atom is 0.161 e. The molecule has 2 aromatic rings. The minimum atomic E-state index is 0.442. The van der Waals surface area contributed by atoms with Gasteiger partial charge in [-0.25, -0.2) is 9.97 Å². The topological polar surface area (TPSA) is 67.4 Å². The highest BCUT2D eigenvalue weighted by Gasteiger charge is 2.10. The summed E-state index contributed by atoms with van der Waals surface area (Å²) in [6, 6.07) is 8.04. The minimum absolute atomic E-state index is 0.442. The number of nitrogen functional groups attached to an aromatic ring is 1. The Balaban J connectivity index is 2.45. The van der Waals surface area contributed by atoms with E-state index in [1.807, 2.05) is 55.5 Å². The fourth-order valence-electron chi connectivity index (χ4n) is 2.71. The Kier molecular flexibility index (Phi) is 7.06. The highest BCUT2D eigenvalue weighted by Crippen LogP contribution is 2.25. The van der Waals surface area contributed by atoms with Crippen molar-refractivity contribution >= 4 is 23.2 Å². The number of nitrogens with two attached hydrogens (primary N) is 1. The molecule has 0 radical (unpaired) electrons. The Morgan fingerprint density at radius 2 is 2.07 bits per heavy atom. The molecule has 27 heavy (non-hydrogen) atoms. The fourth-order valence-corrected chi connectivity index (χ4v) is 2.71. The van der Waals surface area contributed by atoms with E-state index in [1.165, 1.54) is 0 Å². The van der Waals surface area contributed by atoms with Crippen LogP contribution in [0.3, 0.4) is 0 Å². The number of aromatic nitrogens is 2. The van der Waals surface area contributed by atoms with Crippen molar-refractivity contribution in [2.24, 2.45) is 4.99 Å². The van der Waals surface area contributed by atoms with Crippen molar-refractivity contribution in [3.63, 3.8) is 0 Å². The Hall–Kier alpha value is -3.21. The second-order valence-electron chi connectivity index (χ2n) is 6.28. The molecule has 0 unspecified atom stereocenters. The third kappa shape index (κ3) is 5.14. The van der Waals surface area contributed by atoms with Gasteiger partial charge in [0.15, 0.2) is 5.82 Å². The molecule has 5 nitrogen and oxygen atoms in total. The maximum atomic E-state index is 6.22. The van der Waals surface area contributed by atoms with Crippen LogP contribution in [0.2, 0.25) is 0 Å². The van der Waals surface area contributed by atoms with Crippen molar-refractivity contribution in [3.8, 4) is 11.4 Å². The van der Waals surface area contributed by atoms with Crippen molar-refractivity contribution in [3.05, 3.63) is 66.5 Å². The summed E-state index contributed by atoms with van der Waals surface area (Å²) in [6.07, 6.45) is 10.3. The van der Waals surface area contributed by atoms with Gasteiger partial charge < -0.3 is 10.6 Å². The van der Waals surface area contributed by atoms with Crippen LogP contribution in [0.5, 0.6) is 0 Å². The first-order valence-corrected chi connectivity index (χ1v) is 8.86. The SMILES string of the molecule is C=C/C(=C\N(C)C)c1cccc(-c2ncc(C(/C=N\C)=C/CC)c(N)n2)c1. The van der Waals surface area contributed by atoms with E-state index in [9.17, 15) is 0 Å². The molecule has 5 heteroatoms. The summed E-state index contributed by atoms with van der Waals surface area (Å²) in [5, 5.41) is 0. The lowest BCUT2D eigenvalue weighted by molar-refractivity contribution is 0.566. The van der Waals surface area contributed by atoms with Crippen molar-refractivity contribution in [1.29, 1.82) is 0 Å². The van der Waals surface area contributed by atoms with Gasteiger partial charge in [0.2, 0.25) is 0 Å². The highest BCUT2D eigenvalue weighted by atomic mass is 15.0. The van der Waals surface area contributed by atoms with Gasteiger partial charge in [-0.05, 0) is 23.6 Å². The summed E-state index contributed by atoms with van der Waals surface area (Å²) < 4.78 is 0. The molecule has 0 spiro atoms. The zero-order valence-corrected chi connectivity index (χ0v) is 16.5. The van der Waals surface area contributed by atoms with Crippen molar-refractivity contribution in [1.82, 2.24) is 14.9 Å². The number of hydrogen-bond donors (Lipinski definition) is 1. The largest absolute Gasteiger partial charge is 0.383 e. The molecule has 0 aliphatic heterocycles. The predicted molar refractivity (Wildman–Crippen MR) is 116 cm³/mol. The quantitative estimate of drug-likeness (QED) is 0.589. The van der Waals surface area contributed by atoms with Gasteiger partial charge in [-0.2, -0.15) is 0 Å². The van der Waals surface area contributed by atoms with Crippen LogP contribution in [0, 0.1) is 0 Å². The van der Waals surface area contributed by atoms with E-state index < -0.39 is 0 Å². The van der Waals surface area contributed by atoms with Gasteiger partial charge in [-0.15, -0.1) is 0 Å². The maximum absolute atomic E-state index is 6.22. The average molecular weight is 361 g/mol. The molecule has 0 aliphatic rings. The molecule has 0 amide bonds. The fraction of sp³-hybridized carbons (Fsp3) is 0.227. The molecule has 0 saturated heterocycles. The molecule has 2 N–H and O–H groups in total. The third-order valence-electron chi connectivity index (χ3n) is 3.89. The molecule has 0 aliphatic carbocycles. The van der Waals surface area contributed by atoms with Crippen LogP contribution in [-0.4, -0.2) is 42.2 Å². The molecular weight excluding hydrogens is 334 g/mol. The van der Waals surface area contributed by atoms with Crippen LogP contribution in [0.4, 0.5) is 5.82 Å². The van der Waals surface area contributed by atoms with E-state index in [2.05, 4.69) is 34.5 Å². The first-order chi connectivity index (χ1) is 13.0. The van der Waals surface area contributed by atoms with Gasteiger partial charge in [0.1, 0.15) is 5.82 Å². The lowest BCUT2D eigenvalue weighted by atomic mass is 10.0. The Bertz CT molecular complexity index is 891. The van der Waals surface area contributed by atoms with Crippen molar-refractivity contribution in [2.75, 3.05) is 26.9 Å². The van der Waals surface area contributed by atoms with E-state index in [4.69, 9.17) is 5.73 Å². The number of benzene rings is 1. The standard InChI is InChI=1S/C22H27N5/c1-6-9-19(13-24-3)20-14-25-22(26-21(20)23)18-11-8-10-17(12-18)16(7-2)15-27(4)5/h7-15H,2,6H2,1,3-5H3,(H2,23,25,26)/b16-15+,19-9+,24-13-. The van der Waals surface area contributed by atoms with Crippen LogP contribution >= 0.6 is 0 Å². The first kappa shape index (κ1) is 20.1. The zero-order valence-electron chi connectivity index (χ0n) is 16.5. The lowest BCUT2D eigenvalue weighted by Gasteiger charge is -2.11. The summed E-state index contributed by atoms with van der Waals surface area (Å²) in [5.41, 5.74) is 10.9. The first-order valence-electron chi connectivity index (χ1n) is 8.86. The Morgan fingerprint density at radius 3 is 2.67 bits per heavy atom. The number of nitrogens with zero attached hydrogens (tertiary/aromatic N) is 4. The van der Waals surface area contributed by atoms with Gasteiger partial charge >= 0.3 is 0 Å². The number of anilines is 1. The average Bonchev–Trinajstić information content (AvgIpc) is 2.66. The zero-order chi connectivity index (χ0) is 19.8. The van der Waals surface area contributed by atoms with E-state index in [-0.39, 0.29) is 0 Å². The third-order valence-corrected chi connectivity index (χ3v) is 3.89. The van der Waals surface area contributed by atoms with Gasteiger partial charge in [0.05, 0.1) is 0 Å². The number of aliphatic imine (C=N–C) groups is 1. The van der Waals surface area contributed by atoms with Crippen LogP contribution < -0.4 is 5.73 Å². The van der Waals surface area contributed by atoms with Gasteiger partial charge in [-0.1, -0.05) is 43.9 Å². The summed E-state index contributed by atoms with van der Waals surface area (Å²) in [7, 11) is 5.70. The molecule has 0 bridgehead atoms. The normalized spacial score (nSPS) is 12.4. The second-order valence-corrected chi connectivity index (χ2v) is 6.28. The summed E-state index contributed by atoms with van der Waals surface area (Å²) >= 11 is 0. The van der Waals surface area contributed by atoms with Crippen molar-refractivity contribution in [2.45, 2.75) is 13.3 Å². The molecule has 1 aromatic carbocycles. The molecule has 2 rings (SSSR count). The predicted octanol–water partition coefficient (Wildman–Crippen LogP) is 4.31. The number of hydrogen-bond acceptors (Lipinski definition) is 5. The van der Waals surface area contributed by atoms with Gasteiger partial charge in [0.25, 0.3) is 0 Å². The summed E-state index contributed by atoms with van der Waals surface area (Å²) in [6.45, 7) is 5.98. The Morgan fingerprint density at radius 1 is 1.30 bits per heavy atom. The molecule has 140 valence electrons. The van der Waals surface area contributed by atoms with Crippen molar-refractivity contribution < 1.29 is 0 Å². The van der Waals surface area contributed by atoms with E-state index >= 15 is 0 Å². The van der Waals surface area contributed by atoms with E-state index in [0.717, 1.165) is 34.3 Å². The summed E-state index contributed by atoms with van der Waals surface area (Å²) in [4.78, 5) is 15.1. The van der Waals surface area contributed by atoms with Crippen LogP contribution in [0.25, 0.3) is 22.5 Å². The monoisotopic (exact) mass is 361 g/mol. The molecule has 0 fully saturated rings. The molecule has 0 atom stereocenters. The lowest BCUT2D eigenvalue weighted by Crippen LogP contribution is -2.03. The summed E-state index contributed by atoms with van der Waals surface area (Å²) in [5.74, 6) is 1.04. The van der Waals surface area contributed by atoms with E-state index in [0.29, 0.717) is 11.6 Å².